The van der Waals surface area contributed by atoms with Crippen molar-refractivity contribution in [1.29, 1.82) is 0 Å². The topological polar surface area (TPSA) is 114 Å². The Balaban J connectivity index is 1.67. The van der Waals surface area contributed by atoms with Gasteiger partial charge in [0, 0.05) is 17.6 Å². The van der Waals surface area contributed by atoms with Crippen LogP contribution in [0.15, 0.2) is 65.6 Å². The number of hydrogen-bond donors (Lipinski definition) is 3. The molecule has 0 radical (unpaired) electrons. The number of carbonyl (C=O) groups excluding carboxylic acids is 2. The van der Waals surface area contributed by atoms with Gasteiger partial charge in [-0.2, -0.15) is 0 Å². The van der Waals surface area contributed by atoms with Gasteiger partial charge < -0.3 is 25.3 Å². The molecule has 0 aliphatic heterocycles. The number of aryl methyl sites for hydroxylation is 1. The van der Waals surface area contributed by atoms with Gasteiger partial charge in [0.25, 0.3) is 5.56 Å². The van der Waals surface area contributed by atoms with E-state index in [1.54, 1.807) is 56.6 Å². The maximum absolute atomic E-state index is 12.9. The Morgan fingerprint density at radius 3 is 2.47 bits per heavy atom. The summed E-state index contributed by atoms with van der Waals surface area (Å²) in [5.41, 5.74) is 1.44. The van der Waals surface area contributed by atoms with Crippen LogP contribution in [0.1, 0.15) is 24.4 Å². The summed E-state index contributed by atoms with van der Waals surface area (Å²) in [4.78, 5) is 41.9. The minimum Gasteiger partial charge on any atom is -0.497 e. The zero-order chi connectivity index (χ0) is 23.1. The number of methoxy groups -OCH3 is 1. The first-order valence-corrected chi connectivity index (χ1v) is 10.00. The molecule has 0 bridgehead atoms. The number of anilines is 2. The van der Waals surface area contributed by atoms with E-state index in [2.05, 4.69) is 20.9 Å². The molecule has 0 spiro atoms. The van der Waals surface area contributed by atoms with E-state index < -0.39 is 11.6 Å². The van der Waals surface area contributed by atoms with Crippen LogP contribution in [0.2, 0.25) is 0 Å². The number of ether oxygens (including phenoxy) is 1. The zero-order valence-corrected chi connectivity index (χ0v) is 18.1. The summed E-state index contributed by atoms with van der Waals surface area (Å²) in [5, 5.41) is 8.02. The number of carbonyl (C=O) groups is 2. The van der Waals surface area contributed by atoms with Crippen LogP contribution in [-0.4, -0.2) is 28.6 Å². The first-order chi connectivity index (χ1) is 15.4. The summed E-state index contributed by atoms with van der Waals surface area (Å²) >= 11 is 0. The van der Waals surface area contributed by atoms with Crippen molar-refractivity contribution in [3.8, 4) is 5.75 Å². The summed E-state index contributed by atoms with van der Waals surface area (Å²) in [6.07, 6.45) is 1.65. The first kappa shape index (κ1) is 22.5. The second-order valence-corrected chi connectivity index (χ2v) is 7.13. The van der Waals surface area contributed by atoms with Gasteiger partial charge in [0.1, 0.15) is 18.0 Å². The van der Waals surface area contributed by atoms with Crippen molar-refractivity contribution >= 4 is 23.3 Å². The molecule has 3 rings (SSSR count). The SMILES string of the molecule is COc1ccc(NC(=O)Nc2ccc(C)n(CC(=O)N[C@@H](C)c3ccccn3)c2=O)cc1. The van der Waals surface area contributed by atoms with E-state index in [0.717, 1.165) is 5.69 Å². The van der Waals surface area contributed by atoms with E-state index in [1.165, 1.54) is 10.6 Å². The molecule has 166 valence electrons. The molecular formula is C23H25N5O4. The Bertz CT molecular complexity index is 1140. The highest BCUT2D eigenvalue weighted by Crippen LogP contribution is 2.15. The van der Waals surface area contributed by atoms with Gasteiger partial charge in [0.05, 0.1) is 18.8 Å². The third-order valence-corrected chi connectivity index (χ3v) is 4.80. The van der Waals surface area contributed by atoms with Gasteiger partial charge in [-0.3, -0.25) is 14.6 Å². The fourth-order valence-electron chi connectivity index (χ4n) is 3.06. The maximum Gasteiger partial charge on any atom is 0.323 e. The highest BCUT2D eigenvalue weighted by molar-refractivity contribution is 5.99. The Labute approximate surface area is 185 Å². The van der Waals surface area contributed by atoms with Gasteiger partial charge in [0.2, 0.25) is 5.91 Å². The van der Waals surface area contributed by atoms with Gasteiger partial charge in [-0.25, -0.2) is 4.79 Å². The molecule has 9 heteroatoms. The van der Waals surface area contributed by atoms with Crippen LogP contribution in [0.5, 0.6) is 5.75 Å². The number of nitrogens with zero attached hydrogens (tertiary/aromatic N) is 2. The predicted molar refractivity (Wildman–Crippen MR) is 122 cm³/mol. The summed E-state index contributed by atoms with van der Waals surface area (Å²) in [7, 11) is 1.55. The predicted octanol–water partition coefficient (Wildman–Crippen LogP) is 3.08. The summed E-state index contributed by atoms with van der Waals surface area (Å²) in [5.74, 6) is 0.321. The zero-order valence-electron chi connectivity index (χ0n) is 18.1. The average Bonchev–Trinajstić information content (AvgIpc) is 2.79. The molecule has 0 aliphatic rings. The Hall–Kier alpha value is -4.14. The van der Waals surface area contributed by atoms with Gasteiger partial charge in [0.15, 0.2) is 0 Å². The third kappa shape index (κ3) is 5.72. The fourth-order valence-corrected chi connectivity index (χ4v) is 3.06. The quantitative estimate of drug-likeness (QED) is 0.528. The molecule has 0 unspecified atom stereocenters. The van der Waals surface area contributed by atoms with Crippen LogP contribution in [0, 0.1) is 6.92 Å². The molecular weight excluding hydrogens is 410 g/mol. The van der Waals surface area contributed by atoms with Gasteiger partial charge in [-0.1, -0.05) is 6.07 Å². The van der Waals surface area contributed by atoms with Crippen molar-refractivity contribution in [2.24, 2.45) is 0 Å². The molecule has 1 atom stereocenters. The lowest BCUT2D eigenvalue weighted by molar-refractivity contribution is -0.122. The fraction of sp³-hybridized carbons (Fsp3) is 0.217. The summed E-state index contributed by atoms with van der Waals surface area (Å²) in [6.45, 7) is 3.35. The number of nitrogens with one attached hydrogen (secondary N) is 3. The Kier molecular flexibility index (Phi) is 7.22. The van der Waals surface area contributed by atoms with Crippen molar-refractivity contribution in [2.75, 3.05) is 17.7 Å². The van der Waals surface area contributed by atoms with Crippen LogP contribution >= 0.6 is 0 Å². The van der Waals surface area contributed by atoms with E-state index in [0.29, 0.717) is 17.1 Å². The number of rotatable bonds is 7. The van der Waals surface area contributed by atoms with Gasteiger partial charge >= 0.3 is 6.03 Å². The number of aromatic nitrogens is 2. The highest BCUT2D eigenvalue weighted by Gasteiger charge is 2.15. The number of benzene rings is 1. The van der Waals surface area contributed by atoms with Crippen LogP contribution in [-0.2, 0) is 11.3 Å². The van der Waals surface area contributed by atoms with Crippen LogP contribution in [0.25, 0.3) is 0 Å². The van der Waals surface area contributed by atoms with Crippen LogP contribution in [0.4, 0.5) is 16.2 Å². The minimum atomic E-state index is -0.573. The van der Waals surface area contributed by atoms with Crippen LogP contribution < -0.4 is 26.2 Å². The lowest BCUT2D eigenvalue weighted by Gasteiger charge is -2.16. The van der Waals surface area contributed by atoms with E-state index >= 15 is 0 Å². The molecule has 3 amide bonds. The van der Waals surface area contributed by atoms with Crippen molar-refractivity contribution < 1.29 is 14.3 Å². The maximum atomic E-state index is 12.9. The van der Waals surface area contributed by atoms with E-state index in [-0.39, 0.29) is 24.2 Å². The molecule has 0 fully saturated rings. The largest absolute Gasteiger partial charge is 0.497 e. The molecule has 32 heavy (non-hydrogen) atoms. The number of pyridine rings is 2. The van der Waals surface area contributed by atoms with E-state index in [4.69, 9.17) is 4.74 Å². The molecule has 2 heterocycles. The Morgan fingerprint density at radius 1 is 1.06 bits per heavy atom. The molecule has 1 aromatic carbocycles. The lowest BCUT2D eigenvalue weighted by Crippen LogP contribution is -2.36. The monoisotopic (exact) mass is 435 g/mol. The molecule has 3 N–H and O–H groups in total. The van der Waals surface area contributed by atoms with E-state index in [9.17, 15) is 14.4 Å². The number of hydrogen-bond acceptors (Lipinski definition) is 5. The average molecular weight is 435 g/mol. The van der Waals surface area contributed by atoms with Gasteiger partial charge in [-0.05, 0) is 62.4 Å². The van der Waals surface area contributed by atoms with Crippen molar-refractivity contribution in [2.45, 2.75) is 26.4 Å². The number of urea groups is 1. The summed E-state index contributed by atoms with van der Waals surface area (Å²) in [6, 6.07) is 14.5. The molecule has 2 aromatic heterocycles. The van der Waals surface area contributed by atoms with E-state index in [1.807, 2.05) is 19.1 Å². The molecule has 0 saturated carbocycles. The smallest absolute Gasteiger partial charge is 0.323 e. The molecule has 3 aromatic rings. The van der Waals surface area contributed by atoms with Crippen molar-refractivity contribution in [3.63, 3.8) is 0 Å². The second-order valence-electron chi connectivity index (χ2n) is 7.13. The van der Waals surface area contributed by atoms with Crippen molar-refractivity contribution in [3.05, 3.63) is 82.5 Å². The normalized spacial score (nSPS) is 11.3. The Morgan fingerprint density at radius 2 is 1.81 bits per heavy atom. The summed E-state index contributed by atoms with van der Waals surface area (Å²) < 4.78 is 6.39. The lowest BCUT2D eigenvalue weighted by atomic mass is 10.2. The number of amides is 3. The standard InChI is InChI=1S/C23H25N5O4/c1-15-7-12-20(27-23(31)26-17-8-10-18(32-3)11-9-17)22(30)28(15)14-21(29)25-16(2)19-6-4-5-13-24-19/h4-13,16H,14H2,1-3H3,(H,25,29)(H2,26,27,31)/t16-/m0/s1. The highest BCUT2D eigenvalue weighted by atomic mass is 16.5. The molecule has 9 nitrogen and oxygen atoms in total. The van der Waals surface area contributed by atoms with Gasteiger partial charge in [-0.15, -0.1) is 0 Å². The first-order valence-electron chi connectivity index (χ1n) is 10.00. The second kappa shape index (κ2) is 10.3. The third-order valence-electron chi connectivity index (χ3n) is 4.80. The minimum absolute atomic E-state index is 0.0622. The molecule has 0 aliphatic carbocycles. The molecule has 0 saturated heterocycles. The van der Waals surface area contributed by atoms with Crippen molar-refractivity contribution in [1.82, 2.24) is 14.9 Å². The van der Waals surface area contributed by atoms with Crippen LogP contribution in [0.3, 0.4) is 0 Å².